The minimum Gasteiger partial charge on any atom is -0.495 e. The van der Waals surface area contributed by atoms with Gasteiger partial charge in [0.1, 0.15) is 10.6 Å². The Balaban J connectivity index is 2.08. The number of nitrogens with two attached hydrogens (primary N) is 1. The van der Waals surface area contributed by atoms with E-state index in [0.717, 1.165) is 25.7 Å². The molecule has 0 spiro atoms. The zero-order valence-electron chi connectivity index (χ0n) is 12.0. The van der Waals surface area contributed by atoms with Crippen LogP contribution in [0.2, 0.25) is 0 Å². The first-order chi connectivity index (χ1) is 9.91. The lowest BCUT2D eigenvalue weighted by atomic mass is 10.1. The van der Waals surface area contributed by atoms with Crippen molar-refractivity contribution in [2.45, 2.75) is 37.1 Å². The summed E-state index contributed by atoms with van der Waals surface area (Å²) in [5.74, 6) is 0.310. The Kier molecular flexibility index (Phi) is 4.84. The molecule has 116 valence electrons. The van der Waals surface area contributed by atoms with Crippen molar-refractivity contribution in [3.63, 3.8) is 0 Å². The van der Waals surface area contributed by atoms with Crippen LogP contribution in [0.5, 0.6) is 5.75 Å². The summed E-state index contributed by atoms with van der Waals surface area (Å²) in [6.45, 7) is 0.280. The summed E-state index contributed by atoms with van der Waals surface area (Å²) in [5, 5.41) is 8.00. The lowest BCUT2D eigenvalue weighted by molar-refractivity contribution is -0.124. The predicted molar refractivity (Wildman–Crippen MR) is 78.2 cm³/mol. The molecule has 1 aliphatic rings. The second kappa shape index (κ2) is 6.44. The first-order valence-electron chi connectivity index (χ1n) is 6.89. The first-order valence-corrected chi connectivity index (χ1v) is 8.44. The molecule has 1 saturated carbocycles. The van der Waals surface area contributed by atoms with Gasteiger partial charge in [-0.05, 0) is 30.5 Å². The minimum atomic E-state index is -3.86. The number of carbonyl (C=O) groups is 1. The van der Waals surface area contributed by atoms with Crippen molar-refractivity contribution in [3.05, 3.63) is 23.8 Å². The normalized spacial score (nSPS) is 15.9. The van der Waals surface area contributed by atoms with Crippen LogP contribution in [0.15, 0.2) is 23.1 Å². The van der Waals surface area contributed by atoms with Gasteiger partial charge in [-0.15, -0.1) is 0 Å². The second-order valence-electron chi connectivity index (χ2n) is 5.23. The van der Waals surface area contributed by atoms with Crippen molar-refractivity contribution in [2.75, 3.05) is 7.11 Å². The van der Waals surface area contributed by atoms with E-state index in [4.69, 9.17) is 9.88 Å². The van der Waals surface area contributed by atoms with E-state index < -0.39 is 10.0 Å². The van der Waals surface area contributed by atoms with Gasteiger partial charge in [0.05, 0.1) is 7.11 Å². The van der Waals surface area contributed by atoms with Crippen molar-refractivity contribution in [2.24, 2.45) is 11.1 Å². The molecule has 0 unspecified atom stereocenters. The molecule has 1 aromatic rings. The predicted octanol–water partition coefficient (Wildman–Crippen LogP) is 1.15. The van der Waals surface area contributed by atoms with Crippen LogP contribution in [0, 0.1) is 5.92 Å². The maximum atomic E-state index is 11.9. The highest BCUT2D eigenvalue weighted by Gasteiger charge is 2.22. The van der Waals surface area contributed by atoms with Crippen LogP contribution in [0.25, 0.3) is 0 Å². The molecule has 1 aliphatic carbocycles. The average Bonchev–Trinajstić information content (AvgIpc) is 2.97. The average molecular weight is 312 g/mol. The van der Waals surface area contributed by atoms with Gasteiger partial charge in [0.2, 0.25) is 15.9 Å². The van der Waals surface area contributed by atoms with Gasteiger partial charge in [-0.3, -0.25) is 4.79 Å². The Morgan fingerprint density at radius 2 is 2.05 bits per heavy atom. The lowest BCUT2D eigenvalue weighted by Gasteiger charge is -2.12. The Labute approximate surface area is 124 Å². The molecule has 7 heteroatoms. The highest BCUT2D eigenvalue weighted by atomic mass is 32.2. The maximum absolute atomic E-state index is 11.9. The molecule has 3 N–H and O–H groups in total. The SMILES string of the molecule is COc1ccc(CNC(=O)C2CCCC2)cc1S(N)(=O)=O. The van der Waals surface area contributed by atoms with Gasteiger partial charge in [0, 0.05) is 12.5 Å². The van der Waals surface area contributed by atoms with Gasteiger partial charge in [-0.1, -0.05) is 18.9 Å². The van der Waals surface area contributed by atoms with E-state index in [9.17, 15) is 13.2 Å². The van der Waals surface area contributed by atoms with Gasteiger partial charge in [0.25, 0.3) is 0 Å². The van der Waals surface area contributed by atoms with Gasteiger partial charge in [-0.25, -0.2) is 13.6 Å². The van der Waals surface area contributed by atoms with Crippen molar-refractivity contribution < 1.29 is 17.9 Å². The van der Waals surface area contributed by atoms with Gasteiger partial charge in [0.15, 0.2) is 0 Å². The molecule has 1 aromatic carbocycles. The summed E-state index contributed by atoms with van der Waals surface area (Å²) in [6, 6.07) is 4.68. The van der Waals surface area contributed by atoms with Gasteiger partial charge < -0.3 is 10.1 Å². The van der Waals surface area contributed by atoms with Crippen LogP contribution >= 0.6 is 0 Å². The van der Waals surface area contributed by atoms with E-state index in [-0.39, 0.29) is 29.0 Å². The lowest BCUT2D eigenvalue weighted by Crippen LogP contribution is -2.28. The van der Waals surface area contributed by atoms with Gasteiger partial charge >= 0.3 is 0 Å². The molecular weight excluding hydrogens is 292 g/mol. The fraction of sp³-hybridized carbons (Fsp3) is 0.500. The molecule has 6 nitrogen and oxygen atoms in total. The molecule has 0 saturated heterocycles. The number of nitrogens with one attached hydrogen (secondary N) is 1. The molecule has 0 aliphatic heterocycles. The number of amides is 1. The van der Waals surface area contributed by atoms with Crippen LogP contribution in [-0.2, 0) is 21.4 Å². The first kappa shape index (κ1) is 15.8. The minimum absolute atomic E-state index is 0.0282. The number of rotatable bonds is 5. The molecule has 0 atom stereocenters. The summed E-state index contributed by atoms with van der Waals surface area (Å²) in [4.78, 5) is 11.9. The summed E-state index contributed by atoms with van der Waals surface area (Å²) >= 11 is 0. The fourth-order valence-electron chi connectivity index (χ4n) is 2.57. The van der Waals surface area contributed by atoms with E-state index in [2.05, 4.69) is 5.32 Å². The van der Waals surface area contributed by atoms with Crippen molar-refractivity contribution in [3.8, 4) is 5.75 Å². The second-order valence-corrected chi connectivity index (χ2v) is 6.76. The van der Waals surface area contributed by atoms with Crippen molar-refractivity contribution >= 4 is 15.9 Å². The topological polar surface area (TPSA) is 98.5 Å². The quantitative estimate of drug-likeness (QED) is 0.852. The number of primary sulfonamides is 1. The third kappa shape index (κ3) is 3.95. The zero-order valence-corrected chi connectivity index (χ0v) is 12.8. The Morgan fingerprint density at radius 1 is 1.38 bits per heavy atom. The number of hydrogen-bond donors (Lipinski definition) is 2. The van der Waals surface area contributed by atoms with Crippen LogP contribution in [0.4, 0.5) is 0 Å². The number of sulfonamides is 1. The summed E-state index contributed by atoms with van der Waals surface area (Å²) < 4.78 is 28.0. The Morgan fingerprint density at radius 3 is 2.62 bits per heavy atom. The number of benzene rings is 1. The largest absolute Gasteiger partial charge is 0.495 e. The molecule has 21 heavy (non-hydrogen) atoms. The van der Waals surface area contributed by atoms with E-state index >= 15 is 0 Å². The molecule has 2 rings (SSSR count). The molecule has 0 radical (unpaired) electrons. The third-order valence-electron chi connectivity index (χ3n) is 3.73. The summed E-state index contributed by atoms with van der Waals surface area (Å²) in [6.07, 6.45) is 4.04. The molecule has 0 aromatic heterocycles. The molecule has 0 bridgehead atoms. The molecule has 1 fully saturated rings. The van der Waals surface area contributed by atoms with E-state index in [1.807, 2.05) is 0 Å². The standard InChI is InChI=1S/C14H20N2O4S/c1-20-12-7-6-10(8-13(12)21(15,18)19)9-16-14(17)11-4-2-3-5-11/h6-8,11H,2-5,9H2,1H3,(H,16,17)(H2,15,18,19). The number of carbonyl (C=O) groups excluding carboxylic acids is 1. The van der Waals surface area contributed by atoms with Crippen molar-refractivity contribution in [1.82, 2.24) is 5.32 Å². The Hall–Kier alpha value is -1.60. The van der Waals surface area contributed by atoms with E-state index in [0.29, 0.717) is 5.56 Å². The summed E-state index contributed by atoms with van der Waals surface area (Å²) in [5.41, 5.74) is 0.672. The van der Waals surface area contributed by atoms with Crippen LogP contribution in [0.3, 0.4) is 0 Å². The monoisotopic (exact) mass is 312 g/mol. The molecular formula is C14H20N2O4S. The number of hydrogen-bond acceptors (Lipinski definition) is 4. The fourth-order valence-corrected chi connectivity index (χ4v) is 3.32. The number of methoxy groups -OCH3 is 1. The third-order valence-corrected chi connectivity index (χ3v) is 4.66. The van der Waals surface area contributed by atoms with Gasteiger partial charge in [-0.2, -0.15) is 0 Å². The van der Waals surface area contributed by atoms with E-state index in [1.54, 1.807) is 6.07 Å². The highest BCUT2D eigenvalue weighted by Crippen LogP contribution is 2.26. The van der Waals surface area contributed by atoms with E-state index in [1.165, 1.54) is 19.2 Å². The Bertz CT molecular complexity index is 622. The highest BCUT2D eigenvalue weighted by molar-refractivity contribution is 7.89. The molecule has 0 heterocycles. The molecule has 1 amide bonds. The van der Waals surface area contributed by atoms with Crippen LogP contribution in [0.1, 0.15) is 31.2 Å². The summed E-state index contributed by atoms with van der Waals surface area (Å²) in [7, 11) is -2.48. The van der Waals surface area contributed by atoms with Crippen molar-refractivity contribution in [1.29, 1.82) is 0 Å². The zero-order chi connectivity index (χ0) is 15.5. The maximum Gasteiger partial charge on any atom is 0.241 e. The number of ether oxygens (including phenoxy) is 1. The van der Waals surface area contributed by atoms with Crippen LogP contribution < -0.4 is 15.2 Å². The van der Waals surface area contributed by atoms with Crippen LogP contribution in [-0.4, -0.2) is 21.4 Å². The smallest absolute Gasteiger partial charge is 0.241 e.